The molecule has 1 atom stereocenters. The summed E-state index contributed by atoms with van der Waals surface area (Å²) in [5, 5.41) is 0.201. The van der Waals surface area contributed by atoms with E-state index >= 15 is 0 Å². The Balaban J connectivity index is 0. The predicted octanol–water partition coefficient (Wildman–Crippen LogP) is 1.26. The fourth-order valence-electron chi connectivity index (χ4n) is 0.720. The number of nitrogens with zero attached hydrogens (tertiary/aromatic N) is 1. The summed E-state index contributed by atoms with van der Waals surface area (Å²) in [5.74, 6) is -0.922. The van der Waals surface area contributed by atoms with Crippen molar-refractivity contribution in [1.82, 2.24) is 5.06 Å². The Hall–Kier alpha value is -0.790. The second-order valence-electron chi connectivity index (χ2n) is 2.86. The van der Waals surface area contributed by atoms with E-state index in [1.165, 1.54) is 13.0 Å². The van der Waals surface area contributed by atoms with Crippen LogP contribution >= 0.6 is 12.4 Å². The quantitative estimate of drug-likeness (QED) is 0.600. The van der Waals surface area contributed by atoms with Crippen LogP contribution in [0, 0.1) is 0 Å². The molecule has 0 saturated heterocycles. The first-order valence-electron chi connectivity index (χ1n) is 4.15. The maximum Gasteiger partial charge on any atom is 0.408 e. The van der Waals surface area contributed by atoms with Crippen LogP contribution in [0.4, 0.5) is 13.2 Å². The zero-order valence-corrected chi connectivity index (χ0v) is 9.48. The minimum absolute atomic E-state index is 0. The minimum Gasteiger partial charge on any atom is -0.320 e. The normalized spacial score (nSPS) is 12.6. The van der Waals surface area contributed by atoms with E-state index in [2.05, 4.69) is 11.4 Å². The Morgan fingerprint density at radius 1 is 1.62 bits per heavy atom. The summed E-state index contributed by atoms with van der Waals surface area (Å²) in [6, 6.07) is -1.04. The molecule has 0 aromatic heterocycles. The number of halogens is 4. The Morgan fingerprint density at radius 2 is 2.12 bits per heavy atom. The summed E-state index contributed by atoms with van der Waals surface area (Å²) >= 11 is 0. The summed E-state index contributed by atoms with van der Waals surface area (Å²) in [4.78, 5) is 15.7. The van der Waals surface area contributed by atoms with Crippen molar-refractivity contribution in [1.29, 1.82) is 0 Å². The molecule has 2 N–H and O–H groups in total. The highest BCUT2D eigenvalue weighted by Gasteiger charge is 2.34. The molecule has 4 nitrogen and oxygen atoms in total. The van der Waals surface area contributed by atoms with Crippen molar-refractivity contribution in [3.05, 3.63) is 12.7 Å². The van der Waals surface area contributed by atoms with Gasteiger partial charge >= 0.3 is 6.18 Å². The molecule has 1 amide bonds. The van der Waals surface area contributed by atoms with E-state index < -0.39 is 24.7 Å². The second kappa shape index (κ2) is 7.48. The first kappa shape index (κ1) is 17.6. The van der Waals surface area contributed by atoms with E-state index in [1.54, 1.807) is 0 Å². The smallest absolute Gasteiger partial charge is 0.320 e. The van der Waals surface area contributed by atoms with Crippen molar-refractivity contribution in [2.24, 2.45) is 5.73 Å². The number of nitrogens with two attached hydrogens (primary N) is 1. The van der Waals surface area contributed by atoms with Gasteiger partial charge in [0.25, 0.3) is 5.91 Å². The van der Waals surface area contributed by atoms with Gasteiger partial charge in [-0.25, -0.2) is 5.06 Å². The monoisotopic (exact) mass is 262 g/mol. The second-order valence-corrected chi connectivity index (χ2v) is 2.86. The van der Waals surface area contributed by atoms with Crippen LogP contribution in [0.3, 0.4) is 0 Å². The van der Waals surface area contributed by atoms with Gasteiger partial charge < -0.3 is 5.73 Å². The van der Waals surface area contributed by atoms with Crippen LogP contribution in [0.2, 0.25) is 0 Å². The Bertz CT molecular complexity index is 234. The van der Waals surface area contributed by atoms with Crippen molar-refractivity contribution in [2.45, 2.75) is 19.1 Å². The molecule has 1 unspecified atom stereocenters. The van der Waals surface area contributed by atoms with Gasteiger partial charge in [-0.3, -0.25) is 9.63 Å². The minimum atomic E-state index is -4.52. The van der Waals surface area contributed by atoms with E-state index in [1.807, 2.05) is 0 Å². The number of hydrogen-bond acceptors (Lipinski definition) is 3. The van der Waals surface area contributed by atoms with Gasteiger partial charge in [-0.05, 0) is 6.92 Å². The summed E-state index contributed by atoms with van der Waals surface area (Å²) in [6.45, 7) is 2.87. The zero-order valence-electron chi connectivity index (χ0n) is 8.66. The third-order valence-corrected chi connectivity index (χ3v) is 1.31. The van der Waals surface area contributed by atoms with Crippen LogP contribution in [0.5, 0.6) is 0 Å². The first-order chi connectivity index (χ1) is 6.78. The lowest BCUT2D eigenvalue weighted by atomic mass is 10.3. The van der Waals surface area contributed by atoms with Crippen molar-refractivity contribution in [3.63, 3.8) is 0 Å². The van der Waals surface area contributed by atoms with Crippen molar-refractivity contribution in [3.8, 4) is 0 Å². The van der Waals surface area contributed by atoms with Crippen LogP contribution in [-0.2, 0) is 9.63 Å². The fraction of sp³-hybridized carbons (Fsp3) is 0.625. The molecular formula is C8H14ClF3N2O2. The lowest BCUT2D eigenvalue weighted by Crippen LogP contribution is -2.46. The van der Waals surface area contributed by atoms with Crippen molar-refractivity contribution < 1.29 is 22.8 Å². The Kier molecular flexibility index (Phi) is 8.23. The van der Waals surface area contributed by atoms with E-state index in [4.69, 9.17) is 5.73 Å². The lowest BCUT2D eigenvalue weighted by Gasteiger charge is -2.23. The predicted molar refractivity (Wildman–Crippen MR) is 54.8 cm³/mol. The molecule has 8 heteroatoms. The van der Waals surface area contributed by atoms with Crippen LogP contribution in [0.15, 0.2) is 12.7 Å². The number of amides is 1. The van der Waals surface area contributed by atoms with Gasteiger partial charge in [0.1, 0.15) is 6.54 Å². The van der Waals surface area contributed by atoms with E-state index in [0.717, 1.165) is 0 Å². The molecule has 0 rings (SSSR count). The van der Waals surface area contributed by atoms with Gasteiger partial charge in [0, 0.05) is 0 Å². The topological polar surface area (TPSA) is 55.6 Å². The summed E-state index contributed by atoms with van der Waals surface area (Å²) < 4.78 is 36.0. The Labute approximate surface area is 97.6 Å². The molecule has 0 aliphatic heterocycles. The molecule has 96 valence electrons. The average molecular weight is 263 g/mol. The molecular weight excluding hydrogens is 249 g/mol. The number of carbonyl (C=O) groups is 1. The van der Waals surface area contributed by atoms with E-state index in [9.17, 15) is 18.0 Å². The van der Waals surface area contributed by atoms with Crippen molar-refractivity contribution in [2.75, 3.05) is 13.2 Å². The molecule has 0 spiro atoms. The standard InChI is InChI=1S/C8H13F3N2O2.ClH/c1-3-4-15-13(5-8(9,10)11)7(14)6(2)12;/h3,6H,1,4-5,12H2,2H3;1H. The first-order valence-corrected chi connectivity index (χ1v) is 4.15. The molecule has 0 aliphatic rings. The third kappa shape index (κ3) is 7.49. The molecule has 0 aromatic carbocycles. The van der Waals surface area contributed by atoms with Crippen LogP contribution < -0.4 is 5.73 Å². The van der Waals surface area contributed by atoms with Gasteiger partial charge in [0.05, 0.1) is 12.6 Å². The molecule has 0 radical (unpaired) electrons. The highest BCUT2D eigenvalue weighted by atomic mass is 35.5. The molecule has 0 fully saturated rings. The average Bonchev–Trinajstić information content (AvgIpc) is 2.09. The van der Waals surface area contributed by atoms with Gasteiger partial charge in [-0.15, -0.1) is 19.0 Å². The maximum absolute atomic E-state index is 12.0. The van der Waals surface area contributed by atoms with Crippen LogP contribution in [-0.4, -0.2) is 36.3 Å². The molecule has 16 heavy (non-hydrogen) atoms. The SMILES string of the molecule is C=CCON(CC(F)(F)F)C(=O)C(C)N.Cl. The fourth-order valence-corrected chi connectivity index (χ4v) is 0.720. The number of alkyl halides is 3. The van der Waals surface area contributed by atoms with Gasteiger partial charge in [-0.2, -0.15) is 13.2 Å². The van der Waals surface area contributed by atoms with E-state index in [-0.39, 0.29) is 24.1 Å². The summed E-state index contributed by atoms with van der Waals surface area (Å²) in [7, 11) is 0. The van der Waals surface area contributed by atoms with E-state index in [0.29, 0.717) is 0 Å². The maximum atomic E-state index is 12.0. The van der Waals surface area contributed by atoms with Crippen LogP contribution in [0.25, 0.3) is 0 Å². The molecule has 0 aromatic rings. The molecule has 0 heterocycles. The summed E-state index contributed by atoms with van der Waals surface area (Å²) in [6.07, 6.45) is -3.29. The number of carbonyl (C=O) groups excluding carboxylic acids is 1. The van der Waals surface area contributed by atoms with Gasteiger partial charge in [0.15, 0.2) is 0 Å². The Morgan fingerprint density at radius 3 is 2.44 bits per heavy atom. The summed E-state index contributed by atoms with van der Waals surface area (Å²) in [5.41, 5.74) is 5.16. The number of hydrogen-bond donors (Lipinski definition) is 1. The highest BCUT2D eigenvalue weighted by Crippen LogP contribution is 2.17. The van der Waals surface area contributed by atoms with Crippen LogP contribution in [0.1, 0.15) is 6.92 Å². The zero-order chi connectivity index (χ0) is 12.1. The van der Waals surface area contributed by atoms with Gasteiger partial charge in [0.2, 0.25) is 0 Å². The molecule has 0 saturated carbocycles. The lowest BCUT2D eigenvalue weighted by molar-refractivity contribution is -0.229. The number of rotatable bonds is 5. The highest BCUT2D eigenvalue weighted by molar-refractivity contribution is 5.85. The number of hydroxylamine groups is 2. The van der Waals surface area contributed by atoms with Crippen molar-refractivity contribution >= 4 is 18.3 Å². The molecule has 0 bridgehead atoms. The largest absolute Gasteiger partial charge is 0.408 e. The molecule has 0 aliphatic carbocycles. The van der Waals surface area contributed by atoms with Gasteiger partial charge in [-0.1, -0.05) is 6.08 Å². The third-order valence-electron chi connectivity index (χ3n) is 1.31.